The summed E-state index contributed by atoms with van der Waals surface area (Å²) in [5, 5.41) is 0. The lowest BCUT2D eigenvalue weighted by molar-refractivity contribution is 0.135. The smallest absolute Gasteiger partial charge is 0.211 e. The van der Waals surface area contributed by atoms with Crippen LogP contribution < -0.4 is 0 Å². The van der Waals surface area contributed by atoms with E-state index in [0.29, 0.717) is 36.8 Å². The quantitative estimate of drug-likeness (QED) is 0.508. The molecule has 0 aromatic rings. The lowest BCUT2D eigenvalue weighted by Gasteiger charge is -2.37. The van der Waals surface area contributed by atoms with E-state index in [1.54, 1.807) is 18.2 Å². The van der Waals surface area contributed by atoms with Crippen molar-refractivity contribution in [2.45, 2.75) is 38.6 Å². The van der Waals surface area contributed by atoms with E-state index >= 15 is 0 Å². The number of isocyanates is 3. The number of carbonyl (C=O) groups excluding carboxylic acids is 3. The average molecular weight is 303 g/mol. The molecule has 2 saturated carbocycles. The largest absolute Gasteiger partial charge is 0.235 e. The molecule has 2 bridgehead atoms. The summed E-state index contributed by atoms with van der Waals surface area (Å²) in [6, 6.07) is -0.0586. The molecule has 118 valence electrons. The average Bonchev–Trinajstić information content (AvgIpc) is 3.08. The first-order chi connectivity index (χ1) is 10.8. The summed E-state index contributed by atoms with van der Waals surface area (Å²) >= 11 is 0. The Balaban J connectivity index is 2.16. The Morgan fingerprint density at radius 3 is 2.50 bits per heavy atom. The third kappa shape index (κ3) is 3.31. The molecule has 6 nitrogen and oxygen atoms in total. The monoisotopic (exact) mass is 303 g/mol. The Kier molecular flexibility index (Phi) is 5.97. The minimum Gasteiger partial charge on any atom is -0.211 e. The lowest BCUT2D eigenvalue weighted by Crippen LogP contribution is -2.37. The normalized spacial score (nSPS) is 33.4. The highest BCUT2D eigenvalue weighted by atomic mass is 16.1. The Morgan fingerprint density at radius 2 is 1.86 bits per heavy atom. The van der Waals surface area contributed by atoms with E-state index in [2.05, 4.69) is 15.0 Å². The van der Waals surface area contributed by atoms with E-state index < -0.39 is 0 Å². The molecule has 0 amide bonds. The van der Waals surface area contributed by atoms with Gasteiger partial charge in [-0.1, -0.05) is 6.92 Å². The predicted octanol–water partition coefficient (Wildman–Crippen LogP) is 2.05. The molecular weight excluding hydrogens is 282 g/mol. The van der Waals surface area contributed by atoms with Gasteiger partial charge in [0, 0.05) is 0 Å². The van der Waals surface area contributed by atoms with Crippen molar-refractivity contribution >= 4 is 18.2 Å². The molecule has 0 aliphatic heterocycles. The van der Waals surface area contributed by atoms with Crippen molar-refractivity contribution in [2.75, 3.05) is 13.1 Å². The van der Waals surface area contributed by atoms with Crippen LogP contribution in [0, 0.1) is 29.6 Å². The Bertz CT molecular complexity index is 531. The summed E-state index contributed by atoms with van der Waals surface area (Å²) in [4.78, 5) is 42.8. The second-order valence-corrected chi connectivity index (χ2v) is 6.29. The molecule has 6 heteroatoms. The summed E-state index contributed by atoms with van der Waals surface area (Å²) in [5.74, 6) is 2.01. The first-order valence-electron chi connectivity index (χ1n) is 7.91. The minimum absolute atomic E-state index is 0.0586. The van der Waals surface area contributed by atoms with Gasteiger partial charge in [0.2, 0.25) is 18.2 Å². The molecular formula is C16H21N3O3. The van der Waals surface area contributed by atoms with Crippen LogP contribution in [0.4, 0.5) is 0 Å². The zero-order valence-electron chi connectivity index (χ0n) is 12.8. The van der Waals surface area contributed by atoms with Gasteiger partial charge < -0.3 is 0 Å². The Morgan fingerprint density at radius 1 is 1.09 bits per heavy atom. The van der Waals surface area contributed by atoms with Gasteiger partial charge in [0.15, 0.2) is 0 Å². The van der Waals surface area contributed by atoms with Gasteiger partial charge in [-0.25, -0.2) is 29.4 Å². The number of rotatable bonds is 8. The van der Waals surface area contributed by atoms with Crippen LogP contribution in [0.15, 0.2) is 15.0 Å². The zero-order valence-corrected chi connectivity index (χ0v) is 12.8. The second-order valence-electron chi connectivity index (χ2n) is 6.29. The van der Waals surface area contributed by atoms with Gasteiger partial charge in [-0.2, -0.15) is 0 Å². The molecule has 0 radical (unpaired) electrons. The second kappa shape index (κ2) is 7.95. The van der Waals surface area contributed by atoms with Gasteiger partial charge in [-0.15, -0.1) is 0 Å². The number of hydrogen-bond acceptors (Lipinski definition) is 6. The highest BCUT2D eigenvalue weighted by Gasteiger charge is 2.54. The SMILES string of the molecule is CCC(N=C=O)C1C(CN=C=O)C2CC(CCN=C=O)C1C2. The van der Waals surface area contributed by atoms with Crippen LogP contribution in [-0.4, -0.2) is 37.4 Å². The van der Waals surface area contributed by atoms with Gasteiger partial charge in [0.25, 0.3) is 0 Å². The summed E-state index contributed by atoms with van der Waals surface area (Å²) in [7, 11) is 0. The van der Waals surface area contributed by atoms with Crippen LogP contribution in [-0.2, 0) is 14.4 Å². The molecule has 0 aromatic heterocycles. The van der Waals surface area contributed by atoms with Crippen molar-refractivity contribution in [3.8, 4) is 0 Å². The fraction of sp³-hybridized carbons (Fsp3) is 0.812. The molecule has 2 aliphatic carbocycles. The Hall–Kier alpha value is -1.86. The molecule has 0 aromatic carbocycles. The van der Waals surface area contributed by atoms with E-state index in [1.807, 2.05) is 6.92 Å². The van der Waals surface area contributed by atoms with E-state index in [1.165, 1.54) is 0 Å². The van der Waals surface area contributed by atoms with E-state index in [9.17, 15) is 14.4 Å². The third-order valence-corrected chi connectivity index (χ3v) is 5.50. The van der Waals surface area contributed by atoms with Crippen LogP contribution in [0.5, 0.6) is 0 Å². The van der Waals surface area contributed by atoms with Crippen molar-refractivity contribution in [3.05, 3.63) is 0 Å². The predicted molar refractivity (Wildman–Crippen MR) is 79.5 cm³/mol. The topological polar surface area (TPSA) is 88.3 Å². The maximum Gasteiger partial charge on any atom is 0.235 e. The van der Waals surface area contributed by atoms with Gasteiger partial charge in [-0.05, 0) is 55.3 Å². The highest BCUT2D eigenvalue weighted by Crippen LogP contribution is 2.58. The maximum absolute atomic E-state index is 10.7. The van der Waals surface area contributed by atoms with Crippen LogP contribution in [0.25, 0.3) is 0 Å². The molecule has 2 rings (SSSR count). The number of aliphatic imine (C=N–C) groups is 3. The van der Waals surface area contributed by atoms with E-state index in [4.69, 9.17) is 0 Å². The van der Waals surface area contributed by atoms with Gasteiger partial charge in [0.1, 0.15) is 0 Å². The zero-order chi connectivity index (χ0) is 15.9. The van der Waals surface area contributed by atoms with Gasteiger partial charge in [-0.3, -0.25) is 0 Å². The van der Waals surface area contributed by atoms with Crippen LogP contribution in [0.1, 0.15) is 32.6 Å². The highest BCUT2D eigenvalue weighted by molar-refractivity contribution is 5.34. The van der Waals surface area contributed by atoms with Crippen molar-refractivity contribution in [1.82, 2.24) is 0 Å². The molecule has 2 fully saturated rings. The van der Waals surface area contributed by atoms with Crippen molar-refractivity contribution in [1.29, 1.82) is 0 Å². The van der Waals surface area contributed by atoms with Gasteiger partial charge in [0.05, 0.1) is 19.1 Å². The molecule has 0 N–H and O–H groups in total. The summed E-state index contributed by atoms with van der Waals surface area (Å²) < 4.78 is 0. The standard InChI is InChI=1S/C16H21N3O3/c1-2-15(19-10-22)16-13-6-12(14(16)7-18-9-21)5-11(13)3-4-17-8-20/h11-16H,2-7H2,1H3. The summed E-state index contributed by atoms with van der Waals surface area (Å²) in [6.45, 7) is 3.00. The van der Waals surface area contributed by atoms with E-state index in [-0.39, 0.29) is 12.0 Å². The molecule has 0 saturated heterocycles. The maximum atomic E-state index is 10.7. The van der Waals surface area contributed by atoms with E-state index in [0.717, 1.165) is 25.7 Å². The fourth-order valence-corrected chi connectivity index (χ4v) is 4.76. The van der Waals surface area contributed by atoms with Crippen LogP contribution in [0.2, 0.25) is 0 Å². The van der Waals surface area contributed by atoms with Crippen molar-refractivity contribution in [2.24, 2.45) is 44.6 Å². The fourth-order valence-electron chi connectivity index (χ4n) is 4.76. The number of hydrogen-bond donors (Lipinski definition) is 0. The number of fused-ring (bicyclic) bond motifs is 2. The first kappa shape index (κ1) is 16.5. The van der Waals surface area contributed by atoms with Crippen LogP contribution >= 0.6 is 0 Å². The molecule has 0 spiro atoms. The molecule has 2 aliphatic rings. The minimum atomic E-state index is -0.0586. The summed E-state index contributed by atoms with van der Waals surface area (Å²) in [5.41, 5.74) is 0. The molecule has 0 heterocycles. The lowest BCUT2D eigenvalue weighted by atomic mass is 9.69. The molecule has 6 unspecified atom stereocenters. The third-order valence-electron chi connectivity index (χ3n) is 5.50. The van der Waals surface area contributed by atoms with Crippen LogP contribution in [0.3, 0.4) is 0 Å². The van der Waals surface area contributed by atoms with Crippen molar-refractivity contribution in [3.63, 3.8) is 0 Å². The Labute approximate surface area is 129 Å². The molecule has 22 heavy (non-hydrogen) atoms. The van der Waals surface area contributed by atoms with Gasteiger partial charge >= 0.3 is 0 Å². The molecule has 6 atom stereocenters. The number of nitrogens with zero attached hydrogens (tertiary/aromatic N) is 3. The first-order valence-corrected chi connectivity index (χ1v) is 7.91. The van der Waals surface area contributed by atoms with Crippen molar-refractivity contribution < 1.29 is 14.4 Å². The summed E-state index contributed by atoms with van der Waals surface area (Å²) in [6.07, 6.45) is 8.73.